The highest BCUT2D eigenvalue weighted by Gasteiger charge is 2.13. The normalized spacial score (nSPS) is 11.3. The zero-order valence-corrected chi connectivity index (χ0v) is 12.8. The van der Waals surface area contributed by atoms with Crippen LogP contribution in [-0.2, 0) is 12.8 Å². The van der Waals surface area contributed by atoms with Gasteiger partial charge in [0, 0.05) is 12.8 Å². The summed E-state index contributed by atoms with van der Waals surface area (Å²) in [7, 11) is 1.94. The zero-order chi connectivity index (χ0) is 13.4. The molecular weight excluding hydrogens is 328 g/mol. The molecule has 98 valence electrons. The van der Waals surface area contributed by atoms with Crippen LogP contribution in [0, 0.1) is 6.92 Å². The number of aromatic amines is 1. The molecule has 0 atom stereocenters. The van der Waals surface area contributed by atoms with Gasteiger partial charge in [0.05, 0.1) is 22.2 Å². The smallest absolute Gasteiger partial charge is 0.181 e. The van der Waals surface area contributed by atoms with E-state index < -0.39 is 0 Å². The molecule has 0 aliphatic rings. The third-order valence-electron chi connectivity index (χ3n) is 2.80. The predicted octanol–water partition coefficient (Wildman–Crippen LogP) is 2.45. The summed E-state index contributed by atoms with van der Waals surface area (Å²) in [5, 5.41) is 5.28. The third-order valence-corrected chi connectivity index (χ3v) is 4.83. The Bertz CT molecular complexity index is 734. The third kappa shape index (κ3) is 2.25. The standard InChI is InChI=1S/C11H11BrN6S/c1-6-8(12)7(18(2)17-6)3-19-11-9-10(14-4-13-9)15-5-16-11/h4-5H,3H2,1-2H3,(H,13,14,15,16). The van der Waals surface area contributed by atoms with E-state index in [0.717, 1.165) is 32.2 Å². The molecule has 3 heterocycles. The van der Waals surface area contributed by atoms with E-state index >= 15 is 0 Å². The molecule has 0 saturated carbocycles. The number of hydrogen-bond acceptors (Lipinski definition) is 5. The minimum atomic E-state index is 0.692. The Morgan fingerprint density at radius 1 is 1.37 bits per heavy atom. The predicted molar refractivity (Wildman–Crippen MR) is 76.9 cm³/mol. The molecule has 0 aliphatic heterocycles. The molecular formula is C11H11BrN6S. The topological polar surface area (TPSA) is 72.3 Å². The van der Waals surface area contributed by atoms with E-state index in [1.807, 2.05) is 18.7 Å². The van der Waals surface area contributed by atoms with E-state index in [-0.39, 0.29) is 0 Å². The summed E-state index contributed by atoms with van der Waals surface area (Å²) in [4.78, 5) is 15.6. The lowest BCUT2D eigenvalue weighted by Gasteiger charge is -2.03. The number of imidazole rings is 1. The van der Waals surface area contributed by atoms with E-state index in [9.17, 15) is 0 Å². The molecule has 1 N–H and O–H groups in total. The first-order valence-corrected chi connectivity index (χ1v) is 7.39. The summed E-state index contributed by atoms with van der Waals surface area (Å²) >= 11 is 5.20. The highest BCUT2D eigenvalue weighted by atomic mass is 79.9. The summed E-state index contributed by atoms with van der Waals surface area (Å²) in [5.41, 5.74) is 3.70. The van der Waals surface area contributed by atoms with Crippen molar-refractivity contribution < 1.29 is 0 Å². The summed E-state index contributed by atoms with van der Waals surface area (Å²) < 4.78 is 2.94. The van der Waals surface area contributed by atoms with E-state index in [0.29, 0.717) is 5.65 Å². The number of hydrogen-bond donors (Lipinski definition) is 1. The number of nitrogens with one attached hydrogen (secondary N) is 1. The van der Waals surface area contributed by atoms with Crippen LogP contribution in [0.2, 0.25) is 0 Å². The van der Waals surface area contributed by atoms with Crippen LogP contribution in [0.3, 0.4) is 0 Å². The number of halogens is 1. The van der Waals surface area contributed by atoms with Crippen LogP contribution < -0.4 is 0 Å². The van der Waals surface area contributed by atoms with Gasteiger partial charge in [0.1, 0.15) is 16.9 Å². The van der Waals surface area contributed by atoms with Crippen LogP contribution in [0.15, 0.2) is 22.2 Å². The fourth-order valence-electron chi connectivity index (χ4n) is 1.83. The van der Waals surface area contributed by atoms with Gasteiger partial charge in [0.2, 0.25) is 0 Å². The van der Waals surface area contributed by atoms with E-state index in [1.165, 1.54) is 6.33 Å². The molecule has 0 amide bonds. The first-order valence-electron chi connectivity index (χ1n) is 5.61. The van der Waals surface area contributed by atoms with Crippen molar-refractivity contribution in [2.75, 3.05) is 0 Å². The van der Waals surface area contributed by atoms with Gasteiger partial charge in [0.15, 0.2) is 5.65 Å². The molecule has 3 aromatic rings. The van der Waals surface area contributed by atoms with Gasteiger partial charge in [0.25, 0.3) is 0 Å². The van der Waals surface area contributed by atoms with Crippen LogP contribution in [-0.4, -0.2) is 29.7 Å². The average molecular weight is 339 g/mol. The highest BCUT2D eigenvalue weighted by Crippen LogP contribution is 2.29. The highest BCUT2D eigenvalue weighted by molar-refractivity contribution is 9.10. The van der Waals surface area contributed by atoms with Crippen molar-refractivity contribution in [3.05, 3.63) is 28.5 Å². The molecule has 19 heavy (non-hydrogen) atoms. The number of rotatable bonds is 3. The van der Waals surface area contributed by atoms with Crippen molar-refractivity contribution in [1.29, 1.82) is 0 Å². The van der Waals surface area contributed by atoms with Gasteiger partial charge in [-0.25, -0.2) is 15.0 Å². The second-order valence-corrected chi connectivity index (χ2v) is 5.80. The van der Waals surface area contributed by atoms with Gasteiger partial charge in [-0.1, -0.05) is 11.8 Å². The molecule has 0 saturated heterocycles. The molecule has 6 nitrogen and oxygen atoms in total. The number of thioether (sulfide) groups is 1. The molecule has 0 spiro atoms. The van der Waals surface area contributed by atoms with Gasteiger partial charge in [-0.2, -0.15) is 5.10 Å². The Labute approximate surface area is 122 Å². The Balaban J connectivity index is 1.88. The summed E-state index contributed by atoms with van der Waals surface area (Å²) in [6.07, 6.45) is 3.17. The van der Waals surface area contributed by atoms with Crippen molar-refractivity contribution >= 4 is 38.9 Å². The number of aryl methyl sites for hydroxylation is 2. The number of nitrogens with zero attached hydrogens (tertiary/aromatic N) is 5. The monoisotopic (exact) mass is 338 g/mol. The Kier molecular flexibility index (Phi) is 3.28. The summed E-state index contributed by atoms with van der Waals surface area (Å²) in [6, 6.07) is 0. The lowest BCUT2D eigenvalue weighted by molar-refractivity contribution is 0.727. The fourth-order valence-corrected chi connectivity index (χ4v) is 3.51. The van der Waals surface area contributed by atoms with Gasteiger partial charge in [-0.15, -0.1) is 0 Å². The van der Waals surface area contributed by atoms with Crippen LogP contribution >= 0.6 is 27.7 Å². The maximum Gasteiger partial charge on any atom is 0.181 e. The van der Waals surface area contributed by atoms with Crippen molar-refractivity contribution in [2.45, 2.75) is 17.7 Å². The van der Waals surface area contributed by atoms with E-state index in [4.69, 9.17) is 0 Å². The second-order valence-electron chi connectivity index (χ2n) is 4.04. The SMILES string of the molecule is Cc1nn(C)c(CSc2ncnc3nc[nH]c23)c1Br. The van der Waals surface area contributed by atoms with Gasteiger partial charge < -0.3 is 4.98 Å². The zero-order valence-electron chi connectivity index (χ0n) is 10.4. The quantitative estimate of drug-likeness (QED) is 0.586. The Hall–Kier alpha value is -1.41. The number of H-pyrrole nitrogens is 1. The van der Waals surface area contributed by atoms with Crippen LogP contribution in [0.1, 0.15) is 11.4 Å². The molecule has 0 radical (unpaired) electrons. The van der Waals surface area contributed by atoms with E-state index in [2.05, 4.69) is 41.0 Å². The van der Waals surface area contributed by atoms with Crippen molar-refractivity contribution in [3.63, 3.8) is 0 Å². The van der Waals surface area contributed by atoms with Crippen LogP contribution in [0.4, 0.5) is 0 Å². The molecule has 0 aromatic carbocycles. The first kappa shape index (κ1) is 12.6. The second kappa shape index (κ2) is 4.93. The van der Waals surface area contributed by atoms with Gasteiger partial charge >= 0.3 is 0 Å². The summed E-state index contributed by atoms with van der Waals surface area (Å²) in [5.74, 6) is 0.781. The van der Waals surface area contributed by atoms with Crippen LogP contribution in [0.25, 0.3) is 11.2 Å². The van der Waals surface area contributed by atoms with Gasteiger partial charge in [-0.05, 0) is 22.9 Å². The van der Waals surface area contributed by atoms with Gasteiger partial charge in [-0.3, -0.25) is 4.68 Å². The largest absolute Gasteiger partial charge is 0.341 e. The Morgan fingerprint density at radius 2 is 2.21 bits per heavy atom. The molecule has 0 aliphatic carbocycles. The fraction of sp³-hybridized carbons (Fsp3) is 0.273. The molecule has 0 fully saturated rings. The maximum absolute atomic E-state index is 4.38. The lowest BCUT2D eigenvalue weighted by atomic mass is 10.4. The van der Waals surface area contributed by atoms with Crippen molar-refractivity contribution in [1.82, 2.24) is 29.7 Å². The first-order chi connectivity index (χ1) is 9.16. The van der Waals surface area contributed by atoms with Crippen molar-refractivity contribution in [2.24, 2.45) is 7.05 Å². The summed E-state index contributed by atoms with van der Waals surface area (Å²) in [6.45, 7) is 1.98. The van der Waals surface area contributed by atoms with Crippen molar-refractivity contribution in [3.8, 4) is 0 Å². The minimum absolute atomic E-state index is 0.692. The maximum atomic E-state index is 4.38. The molecule has 3 aromatic heterocycles. The average Bonchev–Trinajstić information content (AvgIpc) is 2.95. The number of aromatic nitrogens is 6. The van der Waals surface area contributed by atoms with E-state index in [1.54, 1.807) is 18.1 Å². The Morgan fingerprint density at radius 3 is 2.95 bits per heavy atom. The molecule has 0 unspecified atom stereocenters. The lowest BCUT2D eigenvalue weighted by Crippen LogP contribution is -1.97. The molecule has 8 heteroatoms. The molecule has 0 bridgehead atoms. The number of fused-ring (bicyclic) bond motifs is 1. The minimum Gasteiger partial charge on any atom is -0.341 e. The van der Waals surface area contributed by atoms with Crippen LogP contribution in [0.5, 0.6) is 0 Å². The molecule has 3 rings (SSSR count).